The van der Waals surface area contributed by atoms with Crippen molar-refractivity contribution in [1.82, 2.24) is 10.6 Å². The second kappa shape index (κ2) is 5.87. The predicted molar refractivity (Wildman–Crippen MR) is 70.3 cm³/mol. The third kappa shape index (κ3) is 4.04. The number of benzene rings is 1. The summed E-state index contributed by atoms with van der Waals surface area (Å²) >= 11 is 0. The number of amides is 1. The summed E-state index contributed by atoms with van der Waals surface area (Å²) in [6.45, 7) is 3.21. The summed E-state index contributed by atoms with van der Waals surface area (Å²) in [5, 5.41) is 15.8. The molecule has 0 atom stereocenters. The molecule has 1 aliphatic carbocycles. The minimum atomic E-state index is 0.110. The monoisotopic (exact) mass is 248 g/mol. The molecule has 1 aromatic rings. The quantitative estimate of drug-likeness (QED) is 0.668. The number of hydrogen-bond donors (Lipinski definition) is 3. The van der Waals surface area contributed by atoms with E-state index in [1.54, 1.807) is 6.07 Å². The van der Waals surface area contributed by atoms with Crippen molar-refractivity contribution in [1.29, 1.82) is 0 Å². The molecule has 0 spiro atoms. The molecular formula is C14H20N2O2. The van der Waals surface area contributed by atoms with Crippen molar-refractivity contribution < 1.29 is 9.90 Å². The van der Waals surface area contributed by atoms with E-state index < -0.39 is 0 Å². The number of hydrogen-bond acceptors (Lipinski definition) is 3. The van der Waals surface area contributed by atoms with Crippen molar-refractivity contribution >= 4 is 5.91 Å². The topological polar surface area (TPSA) is 61.4 Å². The summed E-state index contributed by atoms with van der Waals surface area (Å²) in [7, 11) is 0. The summed E-state index contributed by atoms with van der Waals surface area (Å²) in [5.41, 5.74) is 1.99. The van der Waals surface area contributed by atoms with Gasteiger partial charge >= 0.3 is 0 Å². The molecule has 1 aromatic carbocycles. The van der Waals surface area contributed by atoms with Crippen LogP contribution in [0.15, 0.2) is 18.2 Å². The molecule has 0 aliphatic heterocycles. The molecule has 2 rings (SSSR count). The maximum atomic E-state index is 11.4. The van der Waals surface area contributed by atoms with Crippen LogP contribution < -0.4 is 10.6 Å². The maximum Gasteiger partial charge on any atom is 0.221 e. The highest BCUT2D eigenvalue weighted by atomic mass is 16.3. The number of carbonyl (C=O) groups excluding carboxylic acids is 1. The highest BCUT2D eigenvalue weighted by molar-refractivity contribution is 5.76. The van der Waals surface area contributed by atoms with Crippen LogP contribution in [0.4, 0.5) is 0 Å². The molecule has 98 valence electrons. The largest absolute Gasteiger partial charge is 0.508 e. The number of aromatic hydroxyl groups is 1. The SMILES string of the molecule is Cc1ccc(O)c(CNCCC(=O)NC2CC2)c1. The highest BCUT2D eigenvalue weighted by Gasteiger charge is 2.22. The van der Waals surface area contributed by atoms with Crippen LogP contribution in [0.1, 0.15) is 30.4 Å². The average molecular weight is 248 g/mol. The van der Waals surface area contributed by atoms with Gasteiger partial charge in [-0.1, -0.05) is 17.7 Å². The van der Waals surface area contributed by atoms with Crippen LogP contribution in [-0.2, 0) is 11.3 Å². The van der Waals surface area contributed by atoms with Crippen molar-refractivity contribution in [3.63, 3.8) is 0 Å². The Balaban J connectivity index is 1.67. The molecular weight excluding hydrogens is 228 g/mol. The fourth-order valence-electron chi connectivity index (χ4n) is 1.81. The fraction of sp³-hybridized carbons (Fsp3) is 0.500. The molecule has 1 saturated carbocycles. The van der Waals surface area contributed by atoms with Gasteiger partial charge in [0.1, 0.15) is 5.75 Å². The first-order chi connectivity index (χ1) is 8.65. The molecule has 0 heterocycles. The van der Waals surface area contributed by atoms with E-state index in [0.29, 0.717) is 31.3 Å². The first kappa shape index (κ1) is 12.9. The van der Waals surface area contributed by atoms with Crippen molar-refractivity contribution in [2.45, 2.75) is 38.8 Å². The Morgan fingerprint density at radius 1 is 1.44 bits per heavy atom. The molecule has 0 radical (unpaired) electrons. The lowest BCUT2D eigenvalue weighted by molar-refractivity contribution is -0.121. The van der Waals surface area contributed by atoms with Crippen molar-refractivity contribution in [2.75, 3.05) is 6.54 Å². The van der Waals surface area contributed by atoms with Gasteiger partial charge in [0.15, 0.2) is 0 Å². The van der Waals surface area contributed by atoms with Gasteiger partial charge in [-0.3, -0.25) is 4.79 Å². The minimum absolute atomic E-state index is 0.110. The third-order valence-corrected chi connectivity index (χ3v) is 3.02. The van der Waals surface area contributed by atoms with E-state index in [4.69, 9.17) is 0 Å². The molecule has 1 aliphatic rings. The standard InChI is InChI=1S/C14H20N2O2/c1-10-2-5-13(17)11(8-10)9-15-7-6-14(18)16-12-3-4-12/h2,5,8,12,15,17H,3-4,6-7,9H2,1H3,(H,16,18). The van der Waals surface area contributed by atoms with Gasteiger partial charge in [-0.05, 0) is 25.8 Å². The molecule has 0 bridgehead atoms. The van der Waals surface area contributed by atoms with Gasteiger partial charge in [0.05, 0.1) is 0 Å². The molecule has 18 heavy (non-hydrogen) atoms. The van der Waals surface area contributed by atoms with E-state index >= 15 is 0 Å². The fourth-order valence-corrected chi connectivity index (χ4v) is 1.81. The Morgan fingerprint density at radius 2 is 2.22 bits per heavy atom. The van der Waals surface area contributed by atoms with Crippen LogP contribution in [0, 0.1) is 6.92 Å². The van der Waals surface area contributed by atoms with E-state index in [-0.39, 0.29) is 5.91 Å². The normalized spacial score (nSPS) is 14.5. The lowest BCUT2D eigenvalue weighted by Crippen LogP contribution is -2.29. The molecule has 0 saturated heterocycles. The van der Waals surface area contributed by atoms with Gasteiger partial charge < -0.3 is 15.7 Å². The van der Waals surface area contributed by atoms with Crippen molar-refractivity contribution in [3.8, 4) is 5.75 Å². The average Bonchev–Trinajstić information content (AvgIpc) is 3.13. The van der Waals surface area contributed by atoms with Crippen LogP contribution in [0.25, 0.3) is 0 Å². The Morgan fingerprint density at radius 3 is 2.94 bits per heavy atom. The second-order valence-corrected chi connectivity index (χ2v) is 4.90. The lowest BCUT2D eigenvalue weighted by atomic mass is 10.1. The number of nitrogens with one attached hydrogen (secondary N) is 2. The van der Waals surface area contributed by atoms with E-state index in [1.165, 1.54) is 0 Å². The molecule has 4 nitrogen and oxygen atoms in total. The van der Waals surface area contributed by atoms with E-state index in [2.05, 4.69) is 10.6 Å². The first-order valence-corrected chi connectivity index (χ1v) is 6.44. The summed E-state index contributed by atoms with van der Waals surface area (Å²) in [6, 6.07) is 5.96. The van der Waals surface area contributed by atoms with Gasteiger partial charge in [-0.15, -0.1) is 0 Å². The predicted octanol–water partition coefficient (Wildman–Crippen LogP) is 1.46. The lowest BCUT2D eigenvalue weighted by Gasteiger charge is -2.08. The van der Waals surface area contributed by atoms with E-state index in [9.17, 15) is 9.90 Å². The van der Waals surface area contributed by atoms with Gasteiger partial charge in [-0.25, -0.2) is 0 Å². The summed E-state index contributed by atoms with van der Waals surface area (Å²) in [5.74, 6) is 0.411. The van der Waals surface area contributed by atoms with E-state index in [1.807, 2.05) is 19.1 Å². The van der Waals surface area contributed by atoms with E-state index in [0.717, 1.165) is 24.0 Å². The zero-order valence-corrected chi connectivity index (χ0v) is 10.7. The Kier molecular flexibility index (Phi) is 4.20. The zero-order valence-electron chi connectivity index (χ0n) is 10.7. The Labute approximate surface area is 107 Å². The number of carbonyl (C=O) groups is 1. The molecule has 0 unspecified atom stereocenters. The smallest absolute Gasteiger partial charge is 0.221 e. The van der Waals surface area contributed by atoms with Gasteiger partial charge in [0.25, 0.3) is 0 Å². The van der Waals surface area contributed by atoms with Gasteiger partial charge in [-0.2, -0.15) is 0 Å². The zero-order chi connectivity index (χ0) is 13.0. The number of rotatable bonds is 6. The minimum Gasteiger partial charge on any atom is -0.508 e. The summed E-state index contributed by atoms with van der Waals surface area (Å²) in [6.07, 6.45) is 2.73. The molecule has 1 amide bonds. The van der Waals surface area contributed by atoms with Crippen LogP contribution >= 0.6 is 0 Å². The molecule has 0 aromatic heterocycles. The van der Waals surface area contributed by atoms with Crippen LogP contribution in [0.5, 0.6) is 5.75 Å². The van der Waals surface area contributed by atoms with Crippen molar-refractivity contribution in [3.05, 3.63) is 29.3 Å². The van der Waals surface area contributed by atoms with Crippen molar-refractivity contribution in [2.24, 2.45) is 0 Å². The maximum absolute atomic E-state index is 11.4. The Bertz CT molecular complexity index is 428. The highest BCUT2D eigenvalue weighted by Crippen LogP contribution is 2.19. The summed E-state index contributed by atoms with van der Waals surface area (Å²) < 4.78 is 0. The van der Waals surface area contributed by atoms with Gasteiger partial charge in [0, 0.05) is 31.1 Å². The Hall–Kier alpha value is -1.55. The second-order valence-electron chi connectivity index (χ2n) is 4.90. The number of phenols is 1. The summed E-state index contributed by atoms with van der Waals surface area (Å²) in [4.78, 5) is 11.4. The third-order valence-electron chi connectivity index (χ3n) is 3.02. The van der Waals surface area contributed by atoms with Gasteiger partial charge in [0.2, 0.25) is 5.91 Å². The number of phenolic OH excluding ortho intramolecular Hbond substituents is 1. The van der Waals surface area contributed by atoms with Crippen LogP contribution in [0.2, 0.25) is 0 Å². The first-order valence-electron chi connectivity index (χ1n) is 6.44. The van der Waals surface area contributed by atoms with Crippen LogP contribution in [0.3, 0.4) is 0 Å². The van der Waals surface area contributed by atoms with Crippen LogP contribution in [-0.4, -0.2) is 23.6 Å². The molecule has 1 fully saturated rings. The molecule has 3 N–H and O–H groups in total. The molecule has 4 heteroatoms. The number of aryl methyl sites for hydroxylation is 1.